The van der Waals surface area contributed by atoms with Gasteiger partial charge in [-0.25, -0.2) is 4.68 Å². The van der Waals surface area contributed by atoms with Crippen molar-refractivity contribution in [3.05, 3.63) is 96.3 Å². The Morgan fingerprint density at radius 2 is 1.62 bits per heavy atom. The molecule has 1 aromatic heterocycles. The predicted octanol–water partition coefficient (Wildman–Crippen LogP) is 5.71. The van der Waals surface area contributed by atoms with Crippen LogP contribution in [0, 0.1) is 0 Å². The summed E-state index contributed by atoms with van der Waals surface area (Å²) in [7, 11) is 0. The first-order valence-electron chi connectivity index (χ1n) is 9.69. The molecule has 0 spiro atoms. The van der Waals surface area contributed by atoms with Gasteiger partial charge in [0.25, 0.3) is 0 Å². The molecule has 0 aliphatic heterocycles. The van der Waals surface area contributed by atoms with Gasteiger partial charge in [-0.2, -0.15) is 18.3 Å². The van der Waals surface area contributed by atoms with Gasteiger partial charge in [-0.3, -0.25) is 4.79 Å². The highest BCUT2D eigenvalue weighted by Crippen LogP contribution is 2.30. The zero-order valence-electron chi connectivity index (χ0n) is 16.7. The van der Waals surface area contributed by atoms with E-state index in [2.05, 4.69) is 10.4 Å². The van der Waals surface area contributed by atoms with Gasteiger partial charge in [-0.15, -0.1) is 0 Å². The van der Waals surface area contributed by atoms with Gasteiger partial charge in [0.2, 0.25) is 6.41 Å². The number of aromatic nitrogens is 2. The minimum atomic E-state index is -4.60. The van der Waals surface area contributed by atoms with E-state index in [0.717, 1.165) is 21.9 Å². The largest absolute Gasteiger partial charge is 0.487 e. The van der Waals surface area contributed by atoms with Crippen LogP contribution in [0.25, 0.3) is 16.8 Å². The number of nitrogens with one attached hydrogen (secondary N) is 1. The molecule has 0 fully saturated rings. The molecule has 1 amide bonds. The average Bonchev–Trinajstić information content (AvgIpc) is 3.24. The number of halogens is 3. The van der Waals surface area contributed by atoms with Crippen molar-refractivity contribution < 1.29 is 22.7 Å². The summed E-state index contributed by atoms with van der Waals surface area (Å²) < 4.78 is 46.8. The van der Waals surface area contributed by atoms with Gasteiger partial charge in [-0.1, -0.05) is 48.5 Å². The van der Waals surface area contributed by atoms with E-state index in [9.17, 15) is 18.0 Å². The van der Waals surface area contributed by atoms with Crippen LogP contribution in [0.5, 0.6) is 5.75 Å². The second kappa shape index (κ2) is 8.97. The van der Waals surface area contributed by atoms with Crippen LogP contribution in [0.3, 0.4) is 0 Å². The van der Waals surface area contributed by atoms with Gasteiger partial charge in [-0.05, 0) is 47.5 Å². The van der Waals surface area contributed by atoms with Crippen molar-refractivity contribution in [2.45, 2.75) is 12.8 Å². The Balaban J connectivity index is 1.58. The third kappa shape index (κ3) is 4.80. The summed E-state index contributed by atoms with van der Waals surface area (Å²) >= 11 is 0. The Hall–Kier alpha value is -4.07. The van der Waals surface area contributed by atoms with E-state index in [1.54, 1.807) is 30.3 Å². The first-order chi connectivity index (χ1) is 15.4. The third-order valence-electron chi connectivity index (χ3n) is 4.74. The predicted molar refractivity (Wildman–Crippen MR) is 114 cm³/mol. The van der Waals surface area contributed by atoms with Crippen molar-refractivity contribution in [2.24, 2.45) is 0 Å². The summed E-state index contributed by atoms with van der Waals surface area (Å²) in [5.41, 5.74) is 2.05. The number of alkyl halides is 3. The van der Waals surface area contributed by atoms with Crippen molar-refractivity contribution in [2.75, 3.05) is 5.32 Å². The summed E-state index contributed by atoms with van der Waals surface area (Å²) in [5, 5.41) is 6.19. The number of rotatable bonds is 7. The molecule has 0 aliphatic carbocycles. The Labute approximate surface area is 182 Å². The Morgan fingerprint density at radius 3 is 2.31 bits per heavy atom. The van der Waals surface area contributed by atoms with Crippen LogP contribution in [0.4, 0.5) is 18.9 Å². The van der Waals surface area contributed by atoms with Gasteiger partial charge in [0, 0.05) is 5.69 Å². The Morgan fingerprint density at radius 1 is 0.906 bits per heavy atom. The zero-order chi connectivity index (χ0) is 22.6. The second-order valence-corrected chi connectivity index (χ2v) is 6.92. The number of amides is 1. The third-order valence-corrected chi connectivity index (χ3v) is 4.74. The van der Waals surface area contributed by atoms with E-state index in [-0.39, 0.29) is 12.3 Å². The fraction of sp³-hybridized carbons (Fsp3) is 0.0833. The van der Waals surface area contributed by atoms with Crippen molar-refractivity contribution in [3.63, 3.8) is 0 Å². The number of benzene rings is 3. The number of nitrogens with zero attached hydrogens (tertiary/aromatic N) is 2. The van der Waals surface area contributed by atoms with Crippen LogP contribution >= 0.6 is 0 Å². The molecule has 4 aromatic rings. The van der Waals surface area contributed by atoms with Crippen LogP contribution in [-0.2, 0) is 17.6 Å². The molecular weight excluding hydrogens is 419 g/mol. The molecule has 1 heterocycles. The fourth-order valence-corrected chi connectivity index (χ4v) is 3.21. The summed E-state index contributed by atoms with van der Waals surface area (Å²) in [6.45, 7) is -0.126. The second-order valence-electron chi connectivity index (χ2n) is 6.92. The molecule has 0 saturated heterocycles. The van der Waals surface area contributed by atoms with E-state index in [0.29, 0.717) is 23.5 Å². The number of ether oxygens (including phenoxy) is 1. The van der Waals surface area contributed by atoms with E-state index in [4.69, 9.17) is 4.74 Å². The van der Waals surface area contributed by atoms with Crippen LogP contribution in [0.2, 0.25) is 0 Å². The van der Waals surface area contributed by atoms with Gasteiger partial charge in [0.05, 0.1) is 11.4 Å². The monoisotopic (exact) mass is 437 g/mol. The minimum Gasteiger partial charge on any atom is -0.487 e. The molecule has 0 radical (unpaired) electrons. The SMILES string of the molecule is O=CNc1cccc(-n2nc(C(F)(F)F)cc2COc2ccc(-c3ccccc3)cc2)c1. The first-order valence-corrected chi connectivity index (χ1v) is 9.69. The van der Waals surface area contributed by atoms with E-state index in [1.165, 1.54) is 6.07 Å². The van der Waals surface area contributed by atoms with Crippen molar-refractivity contribution in [3.8, 4) is 22.6 Å². The lowest BCUT2D eigenvalue weighted by atomic mass is 10.1. The maximum atomic E-state index is 13.3. The van der Waals surface area contributed by atoms with Gasteiger partial charge in [0.15, 0.2) is 5.69 Å². The number of carbonyl (C=O) groups excluding carboxylic acids is 1. The summed E-state index contributed by atoms with van der Waals surface area (Å²) in [5.74, 6) is 0.516. The summed E-state index contributed by atoms with van der Waals surface area (Å²) in [6.07, 6.45) is -4.11. The molecule has 4 rings (SSSR count). The fourth-order valence-electron chi connectivity index (χ4n) is 3.21. The van der Waals surface area contributed by atoms with Gasteiger partial charge < -0.3 is 10.1 Å². The van der Waals surface area contributed by atoms with E-state index < -0.39 is 11.9 Å². The lowest BCUT2D eigenvalue weighted by molar-refractivity contribution is -0.141. The quantitative estimate of drug-likeness (QED) is 0.377. The van der Waals surface area contributed by atoms with Crippen molar-refractivity contribution in [1.29, 1.82) is 0 Å². The topological polar surface area (TPSA) is 56.2 Å². The zero-order valence-corrected chi connectivity index (χ0v) is 16.7. The highest BCUT2D eigenvalue weighted by molar-refractivity contribution is 5.72. The van der Waals surface area contributed by atoms with Gasteiger partial charge >= 0.3 is 6.18 Å². The van der Waals surface area contributed by atoms with Crippen LogP contribution in [-0.4, -0.2) is 16.2 Å². The summed E-state index contributed by atoms with van der Waals surface area (Å²) in [4.78, 5) is 10.7. The molecule has 8 heteroatoms. The molecule has 3 aromatic carbocycles. The molecular formula is C24H18F3N3O2. The molecule has 32 heavy (non-hydrogen) atoms. The number of anilines is 1. The lowest BCUT2D eigenvalue weighted by Gasteiger charge is -2.11. The van der Waals surface area contributed by atoms with E-state index in [1.807, 2.05) is 42.5 Å². The Kier molecular flexibility index (Phi) is 5.93. The minimum absolute atomic E-state index is 0.126. The maximum Gasteiger partial charge on any atom is 0.435 e. The number of hydrogen-bond donors (Lipinski definition) is 1. The normalized spacial score (nSPS) is 11.2. The maximum absolute atomic E-state index is 13.3. The van der Waals surface area contributed by atoms with Gasteiger partial charge in [0.1, 0.15) is 12.4 Å². The van der Waals surface area contributed by atoms with Crippen LogP contribution < -0.4 is 10.1 Å². The standard InChI is InChI=1S/C24H18F3N3O2/c25-24(26,27)23-14-21(30(29-23)20-8-4-7-19(13-20)28-16-31)15-32-22-11-9-18(10-12-22)17-5-2-1-3-6-17/h1-14,16H,15H2,(H,28,31). The average molecular weight is 437 g/mol. The molecule has 5 nitrogen and oxygen atoms in total. The molecule has 0 atom stereocenters. The van der Waals surface area contributed by atoms with Crippen LogP contribution in [0.1, 0.15) is 11.4 Å². The molecule has 0 saturated carbocycles. The number of carbonyl (C=O) groups is 1. The van der Waals surface area contributed by atoms with Crippen molar-refractivity contribution >= 4 is 12.1 Å². The van der Waals surface area contributed by atoms with E-state index >= 15 is 0 Å². The van der Waals surface area contributed by atoms with Crippen molar-refractivity contribution in [1.82, 2.24) is 9.78 Å². The highest BCUT2D eigenvalue weighted by atomic mass is 19.4. The smallest absolute Gasteiger partial charge is 0.435 e. The number of hydrogen-bond acceptors (Lipinski definition) is 3. The Bertz CT molecular complexity index is 1200. The molecule has 0 unspecified atom stereocenters. The summed E-state index contributed by atoms with van der Waals surface area (Å²) in [6, 6.07) is 24.4. The first kappa shape index (κ1) is 21.2. The molecule has 0 bridgehead atoms. The lowest BCUT2D eigenvalue weighted by Crippen LogP contribution is -2.08. The highest BCUT2D eigenvalue weighted by Gasteiger charge is 2.35. The molecule has 1 N–H and O–H groups in total. The molecule has 162 valence electrons. The van der Waals surface area contributed by atoms with Crippen LogP contribution in [0.15, 0.2) is 84.9 Å². The molecule has 0 aliphatic rings.